The molecule has 0 bridgehead atoms. The van der Waals surface area contributed by atoms with Crippen molar-refractivity contribution in [1.82, 2.24) is 14.8 Å². The zero-order chi connectivity index (χ0) is 12.3. The van der Waals surface area contributed by atoms with Gasteiger partial charge in [-0.15, -0.1) is 0 Å². The molecule has 2 rings (SSSR count). The molecule has 1 saturated heterocycles. The van der Waals surface area contributed by atoms with Crippen LogP contribution in [0.3, 0.4) is 0 Å². The summed E-state index contributed by atoms with van der Waals surface area (Å²) in [5, 5.41) is 3.49. The van der Waals surface area contributed by atoms with Gasteiger partial charge in [-0.25, -0.2) is 0 Å². The fraction of sp³-hybridized carbons (Fsp3) is 0.615. The zero-order valence-corrected chi connectivity index (χ0v) is 10.6. The molecule has 0 amide bonds. The Kier molecular flexibility index (Phi) is 3.64. The van der Waals surface area contributed by atoms with Gasteiger partial charge in [0.2, 0.25) is 0 Å². The van der Waals surface area contributed by atoms with Crippen molar-refractivity contribution in [2.24, 2.45) is 0 Å². The summed E-state index contributed by atoms with van der Waals surface area (Å²) >= 11 is 0. The van der Waals surface area contributed by atoms with E-state index in [1.807, 2.05) is 12.3 Å². The molecular formula is C13H21N3O. The second kappa shape index (κ2) is 5.02. The van der Waals surface area contributed by atoms with Gasteiger partial charge in [-0.2, -0.15) is 0 Å². The Labute approximate surface area is 102 Å². The standard InChI is InChI=1S/C13H21N3O/c1-13(2)11-15(8-6-14-13)9-10-16-7-4-3-5-12(16)17/h3-5,7,14H,6,8-11H2,1-2H3. The molecule has 0 atom stereocenters. The SMILES string of the molecule is CC1(C)CN(CCn2ccccc2=O)CCN1. The largest absolute Gasteiger partial charge is 0.314 e. The molecule has 4 heteroatoms. The third kappa shape index (κ3) is 3.41. The van der Waals surface area contributed by atoms with Crippen LogP contribution >= 0.6 is 0 Å². The Bertz CT molecular complexity index is 425. The van der Waals surface area contributed by atoms with Crippen LogP contribution in [-0.2, 0) is 6.54 Å². The minimum absolute atomic E-state index is 0.0851. The smallest absolute Gasteiger partial charge is 0.250 e. The third-order valence-corrected chi connectivity index (χ3v) is 3.21. The van der Waals surface area contributed by atoms with E-state index in [2.05, 4.69) is 24.1 Å². The summed E-state index contributed by atoms with van der Waals surface area (Å²) in [5.41, 5.74) is 0.266. The van der Waals surface area contributed by atoms with Crippen molar-refractivity contribution in [3.63, 3.8) is 0 Å². The van der Waals surface area contributed by atoms with E-state index >= 15 is 0 Å². The van der Waals surface area contributed by atoms with Crippen LogP contribution in [0.5, 0.6) is 0 Å². The molecule has 0 spiro atoms. The van der Waals surface area contributed by atoms with Crippen molar-refractivity contribution in [3.05, 3.63) is 34.7 Å². The fourth-order valence-electron chi connectivity index (χ4n) is 2.33. The first kappa shape index (κ1) is 12.3. The van der Waals surface area contributed by atoms with Gasteiger partial charge < -0.3 is 9.88 Å². The molecule has 2 heterocycles. The summed E-state index contributed by atoms with van der Waals surface area (Å²) in [5.74, 6) is 0. The second-order valence-electron chi connectivity index (χ2n) is 5.32. The number of nitrogens with zero attached hydrogens (tertiary/aromatic N) is 2. The number of aromatic nitrogens is 1. The predicted molar refractivity (Wildman–Crippen MR) is 69.2 cm³/mol. The number of piperazine rings is 1. The third-order valence-electron chi connectivity index (χ3n) is 3.21. The minimum Gasteiger partial charge on any atom is -0.314 e. The number of nitrogens with one attached hydrogen (secondary N) is 1. The topological polar surface area (TPSA) is 37.3 Å². The van der Waals surface area contributed by atoms with E-state index in [1.54, 1.807) is 16.7 Å². The van der Waals surface area contributed by atoms with Crippen LogP contribution in [0.2, 0.25) is 0 Å². The van der Waals surface area contributed by atoms with Gasteiger partial charge in [-0.05, 0) is 19.9 Å². The van der Waals surface area contributed by atoms with Gasteiger partial charge in [0.05, 0.1) is 0 Å². The number of rotatable bonds is 3. The Hall–Kier alpha value is -1.13. The summed E-state index contributed by atoms with van der Waals surface area (Å²) in [4.78, 5) is 14.0. The van der Waals surface area contributed by atoms with Crippen LogP contribution in [0.25, 0.3) is 0 Å². The van der Waals surface area contributed by atoms with Crippen molar-refractivity contribution in [2.45, 2.75) is 25.9 Å². The molecule has 1 aliphatic rings. The molecule has 1 N–H and O–H groups in total. The second-order valence-corrected chi connectivity index (χ2v) is 5.32. The zero-order valence-electron chi connectivity index (χ0n) is 10.6. The lowest BCUT2D eigenvalue weighted by molar-refractivity contribution is 0.150. The Morgan fingerprint density at radius 3 is 2.88 bits per heavy atom. The van der Waals surface area contributed by atoms with E-state index in [0.29, 0.717) is 0 Å². The molecule has 0 saturated carbocycles. The van der Waals surface area contributed by atoms with Gasteiger partial charge in [-0.1, -0.05) is 6.07 Å². The van der Waals surface area contributed by atoms with Crippen LogP contribution in [0, 0.1) is 0 Å². The van der Waals surface area contributed by atoms with E-state index in [0.717, 1.165) is 32.7 Å². The first-order valence-electron chi connectivity index (χ1n) is 6.20. The van der Waals surface area contributed by atoms with E-state index < -0.39 is 0 Å². The molecule has 1 aliphatic heterocycles. The molecule has 0 radical (unpaired) electrons. The highest BCUT2D eigenvalue weighted by molar-refractivity contribution is 4.93. The number of hydrogen-bond acceptors (Lipinski definition) is 3. The Balaban J connectivity index is 1.90. The van der Waals surface area contributed by atoms with Crippen molar-refractivity contribution < 1.29 is 0 Å². The maximum Gasteiger partial charge on any atom is 0.250 e. The van der Waals surface area contributed by atoms with E-state index in [9.17, 15) is 4.79 Å². The van der Waals surface area contributed by atoms with E-state index in [1.165, 1.54) is 0 Å². The highest BCUT2D eigenvalue weighted by Crippen LogP contribution is 2.09. The molecule has 0 aliphatic carbocycles. The average molecular weight is 235 g/mol. The molecule has 4 nitrogen and oxygen atoms in total. The van der Waals surface area contributed by atoms with Crippen LogP contribution in [0.1, 0.15) is 13.8 Å². The molecule has 1 fully saturated rings. The molecule has 1 aromatic rings. The van der Waals surface area contributed by atoms with Gasteiger partial charge >= 0.3 is 0 Å². The van der Waals surface area contributed by atoms with Crippen LogP contribution in [0.15, 0.2) is 29.2 Å². The summed E-state index contributed by atoms with van der Waals surface area (Å²) in [7, 11) is 0. The molecule has 94 valence electrons. The van der Waals surface area contributed by atoms with Crippen molar-refractivity contribution in [2.75, 3.05) is 26.2 Å². The van der Waals surface area contributed by atoms with Crippen LogP contribution in [-0.4, -0.2) is 41.2 Å². The summed E-state index contributed by atoms with van der Waals surface area (Å²) in [6.45, 7) is 9.27. The average Bonchev–Trinajstić information content (AvgIpc) is 2.27. The summed E-state index contributed by atoms with van der Waals surface area (Å²) in [6, 6.07) is 5.30. The Morgan fingerprint density at radius 1 is 1.35 bits per heavy atom. The molecule has 17 heavy (non-hydrogen) atoms. The first-order chi connectivity index (χ1) is 8.07. The number of pyridine rings is 1. The molecule has 1 aromatic heterocycles. The first-order valence-corrected chi connectivity index (χ1v) is 6.20. The molecule has 0 unspecified atom stereocenters. The highest BCUT2D eigenvalue weighted by Gasteiger charge is 2.25. The summed E-state index contributed by atoms with van der Waals surface area (Å²) in [6.07, 6.45) is 1.86. The van der Waals surface area contributed by atoms with Gasteiger partial charge in [0.15, 0.2) is 0 Å². The van der Waals surface area contributed by atoms with Gasteiger partial charge in [0, 0.05) is 50.5 Å². The predicted octanol–water partition coefficient (Wildman–Crippen LogP) is 0.532. The lowest BCUT2D eigenvalue weighted by atomic mass is 10.0. The van der Waals surface area contributed by atoms with E-state index in [4.69, 9.17) is 0 Å². The molecular weight excluding hydrogens is 214 g/mol. The lowest BCUT2D eigenvalue weighted by Crippen LogP contribution is -2.57. The van der Waals surface area contributed by atoms with Gasteiger partial charge in [0.25, 0.3) is 5.56 Å². The maximum absolute atomic E-state index is 11.6. The van der Waals surface area contributed by atoms with Crippen molar-refractivity contribution in [3.8, 4) is 0 Å². The Morgan fingerprint density at radius 2 is 2.18 bits per heavy atom. The van der Waals surface area contributed by atoms with Gasteiger partial charge in [0.1, 0.15) is 0 Å². The van der Waals surface area contributed by atoms with Crippen molar-refractivity contribution >= 4 is 0 Å². The normalized spacial score (nSPS) is 20.4. The summed E-state index contributed by atoms with van der Waals surface area (Å²) < 4.78 is 1.77. The lowest BCUT2D eigenvalue weighted by Gasteiger charge is -2.39. The van der Waals surface area contributed by atoms with Crippen LogP contribution in [0.4, 0.5) is 0 Å². The number of hydrogen-bond donors (Lipinski definition) is 1. The fourth-order valence-corrected chi connectivity index (χ4v) is 2.33. The quantitative estimate of drug-likeness (QED) is 0.830. The van der Waals surface area contributed by atoms with Gasteiger partial charge in [-0.3, -0.25) is 9.69 Å². The molecule has 0 aromatic carbocycles. The van der Waals surface area contributed by atoms with Crippen LogP contribution < -0.4 is 10.9 Å². The highest BCUT2D eigenvalue weighted by atomic mass is 16.1. The monoisotopic (exact) mass is 235 g/mol. The minimum atomic E-state index is 0.0851. The van der Waals surface area contributed by atoms with Crippen molar-refractivity contribution in [1.29, 1.82) is 0 Å². The van der Waals surface area contributed by atoms with E-state index in [-0.39, 0.29) is 11.1 Å². The maximum atomic E-state index is 11.6.